The van der Waals surface area contributed by atoms with Crippen LogP contribution in [0.25, 0.3) is 10.8 Å². The Morgan fingerprint density at radius 2 is 2.07 bits per heavy atom. The molecule has 1 amide bonds. The van der Waals surface area contributed by atoms with Gasteiger partial charge in [-0.15, -0.1) is 0 Å². The summed E-state index contributed by atoms with van der Waals surface area (Å²) in [6.07, 6.45) is 1.68. The maximum Gasteiger partial charge on any atom is 0.318 e. The Balaban J connectivity index is 1.51. The highest BCUT2D eigenvalue weighted by atomic mass is 35.5. The van der Waals surface area contributed by atoms with E-state index in [0.29, 0.717) is 50.2 Å². The highest BCUT2D eigenvalue weighted by Gasteiger charge is 2.34. The smallest absolute Gasteiger partial charge is 0.318 e. The number of fused-ring (bicyclic) bond motifs is 2. The van der Waals surface area contributed by atoms with Crippen LogP contribution in [-0.2, 0) is 22.6 Å². The van der Waals surface area contributed by atoms with Gasteiger partial charge >= 0.3 is 6.01 Å². The molecule has 9 nitrogen and oxygen atoms in total. The molecule has 3 aromatic rings. The van der Waals surface area contributed by atoms with Crippen molar-refractivity contribution < 1.29 is 14.3 Å². The lowest BCUT2D eigenvalue weighted by Crippen LogP contribution is -2.55. The van der Waals surface area contributed by atoms with Gasteiger partial charge in [0.2, 0.25) is 5.91 Å². The molecule has 0 radical (unpaired) electrons. The third kappa shape index (κ3) is 6.15. The lowest BCUT2D eigenvalue weighted by Gasteiger charge is -2.42. The van der Waals surface area contributed by atoms with E-state index in [1.54, 1.807) is 4.90 Å². The summed E-state index contributed by atoms with van der Waals surface area (Å²) in [7, 11) is 3.99. The zero-order chi connectivity index (χ0) is 29.1. The standard InChI is InChI=1S/C31H35ClN6O3/c1-5-28(39)38-15-14-37(18-22(38)12-13-33)30-24-19-40-27(23-10-6-8-21-9-7-11-25(32)29(21)23)16-26(24)34-31(35-30)41-20(2)17-36(3)4/h5-11,20,22,27H,1,12,14-19H2,2-4H3/t20?,22?,27-/m0/s1. The molecule has 3 heterocycles. The van der Waals surface area contributed by atoms with Crippen molar-refractivity contribution in [1.82, 2.24) is 19.8 Å². The molecule has 0 spiro atoms. The number of hydrogen-bond acceptors (Lipinski definition) is 8. The van der Waals surface area contributed by atoms with Crippen LogP contribution >= 0.6 is 11.6 Å². The van der Waals surface area contributed by atoms with Gasteiger partial charge in [0.05, 0.1) is 36.9 Å². The number of carbonyl (C=O) groups is 1. The fourth-order valence-corrected chi connectivity index (χ4v) is 6.09. The minimum Gasteiger partial charge on any atom is -0.459 e. The number of amides is 1. The normalized spacial score (nSPS) is 19.5. The summed E-state index contributed by atoms with van der Waals surface area (Å²) in [6.45, 7) is 8.13. The first-order valence-corrected chi connectivity index (χ1v) is 14.2. The molecule has 1 saturated heterocycles. The SMILES string of the molecule is C=CC(=O)N1CCN(c2nc(OC(C)CN(C)C)nc3c2CO[C@H](c2cccc4cccc(Cl)c24)C3)CC1CC#N. The zero-order valence-corrected chi connectivity index (χ0v) is 24.5. The molecule has 0 bridgehead atoms. The molecule has 2 aliphatic heterocycles. The van der Waals surface area contributed by atoms with Crippen LogP contribution in [0.1, 0.15) is 36.3 Å². The van der Waals surface area contributed by atoms with Crippen molar-refractivity contribution in [2.75, 3.05) is 45.2 Å². The number of hydrogen-bond donors (Lipinski definition) is 0. The van der Waals surface area contributed by atoms with Crippen LogP contribution in [0.2, 0.25) is 5.02 Å². The van der Waals surface area contributed by atoms with Crippen LogP contribution in [0.5, 0.6) is 6.01 Å². The second-order valence-corrected chi connectivity index (χ2v) is 11.2. The number of ether oxygens (including phenoxy) is 2. The zero-order valence-electron chi connectivity index (χ0n) is 23.7. The van der Waals surface area contributed by atoms with Gasteiger partial charge in [-0.1, -0.05) is 48.5 Å². The molecule has 1 aromatic heterocycles. The first-order chi connectivity index (χ1) is 19.8. The Morgan fingerprint density at radius 3 is 2.80 bits per heavy atom. The van der Waals surface area contributed by atoms with Crippen LogP contribution in [0.3, 0.4) is 0 Å². The van der Waals surface area contributed by atoms with Crippen LogP contribution in [-0.4, -0.2) is 78.1 Å². The van der Waals surface area contributed by atoms with Crippen molar-refractivity contribution in [2.24, 2.45) is 0 Å². The quantitative estimate of drug-likeness (QED) is 0.362. The fraction of sp³-hybridized carbons (Fsp3) is 0.419. The number of anilines is 1. The van der Waals surface area contributed by atoms with E-state index in [1.165, 1.54) is 6.08 Å². The van der Waals surface area contributed by atoms with Crippen molar-refractivity contribution in [1.29, 1.82) is 5.26 Å². The topological polar surface area (TPSA) is 94.8 Å². The predicted molar refractivity (Wildman–Crippen MR) is 159 cm³/mol. The fourth-order valence-electron chi connectivity index (χ4n) is 5.80. The van der Waals surface area contributed by atoms with Crippen LogP contribution < -0.4 is 9.64 Å². The summed E-state index contributed by atoms with van der Waals surface area (Å²) < 4.78 is 12.7. The molecule has 0 N–H and O–H groups in total. The van der Waals surface area contributed by atoms with Gasteiger partial charge in [-0.05, 0) is 44.1 Å². The third-order valence-corrected chi connectivity index (χ3v) is 7.90. The number of halogens is 1. The van der Waals surface area contributed by atoms with Crippen LogP contribution in [0, 0.1) is 11.3 Å². The molecule has 3 atom stereocenters. The van der Waals surface area contributed by atoms with Gasteiger partial charge in [0, 0.05) is 48.6 Å². The van der Waals surface area contributed by atoms with Gasteiger partial charge in [-0.25, -0.2) is 0 Å². The van der Waals surface area contributed by atoms with E-state index >= 15 is 0 Å². The number of likely N-dealkylation sites (N-methyl/N-ethyl adjacent to an activating group) is 1. The number of nitrogens with zero attached hydrogens (tertiary/aromatic N) is 6. The molecular weight excluding hydrogens is 540 g/mol. The molecule has 2 aromatic carbocycles. The molecule has 5 rings (SSSR count). The number of rotatable bonds is 8. The summed E-state index contributed by atoms with van der Waals surface area (Å²) >= 11 is 6.65. The Bertz CT molecular complexity index is 1480. The monoisotopic (exact) mass is 574 g/mol. The maximum absolute atomic E-state index is 12.5. The lowest BCUT2D eigenvalue weighted by atomic mass is 9.94. The van der Waals surface area contributed by atoms with Gasteiger partial charge in [-0.2, -0.15) is 15.2 Å². The largest absolute Gasteiger partial charge is 0.459 e. The molecule has 0 saturated carbocycles. The Hall–Kier alpha value is -3.71. The van der Waals surface area contributed by atoms with Crippen molar-refractivity contribution in [2.45, 2.75) is 44.6 Å². The van der Waals surface area contributed by atoms with Crippen LogP contribution in [0.4, 0.5) is 5.82 Å². The van der Waals surface area contributed by atoms with Gasteiger partial charge in [0.1, 0.15) is 11.9 Å². The second-order valence-electron chi connectivity index (χ2n) is 10.8. The summed E-state index contributed by atoms with van der Waals surface area (Å²) in [5, 5.41) is 12.2. The highest BCUT2D eigenvalue weighted by Crippen LogP contribution is 2.39. The molecule has 10 heteroatoms. The van der Waals surface area contributed by atoms with Crippen molar-refractivity contribution in [3.05, 3.63) is 70.9 Å². The minimum absolute atomic E-state index is 0.128. The van der Waals surface area contributed by atoms with Gasteiger partial charge < -0.3 is 24.2 Å². The average molecular weight is 575 g/mol. The second kappa shape index (κ2) is 12.4. The Kier molecular flexibility index (Phi) is 8.74. The van der Waals surface area contributed by atoms with E-state index in [0.717, 1.165) is 33.4 Å². The molecule has 2 aliphatic rings. The highest BCUT2D eigenvalue weighted by molar-refractivity contribution is 6.35. The predicted octanol–water partition coefficient (Wildman–Crippen LogP) is 4.54. The number of piperazine rings is 1. The van der Waals surface area contributed by atoms with Crippen molar-refractivity contribution in [3.63, 3.8) is 0 Å². The molecular formula is C31H35ClN6O3. The van der Waals surface area contributed by atoms with E-state index in [9.17, 15) is 10.1 Å². The van der Waals surface area contributed by atoms with Gasteiger partial charge in [0.15, 0.2) is 0 Å². The molecule has 1 fully saturated rings. The number of carbonyl (C=O) groups excluding carboxylic acids is 1. The first-order valence-electron chi connectivity index (χ1n) is 13.8. The summed E-state index contributed by atoms with van der Waals surface area (Å²) in [4.78, 5) is 28.1. The minimum atomic E-state index is -0.281. The molecule has 0 aliphatic carbocycles. The van der Waals surface area contributed by atoms with Gasteiger partial charge in [0.25, 0.3) is 0 Å². The van der Waals surface area contributed by atoms with Crippen molar-refractivity contribution >= 4 is 34.1 Å². The van der Waals surface area contributed by atoms with E-state index < -0.39 is 0 Å². The molecule has 214 valence electrons. The number of benzene rings is 2. The van der Waals surface area contributed by atoms with E-state index in [4.69, 9.17) is 31.0 Å². The third-order valence-electron chi connectivity index (χ3n) is 7.59. The summed E-state index contributed by atoms with van der Waals surface area (Å²) in [6, 6.07) is 14.3. The average Bonchev–Trinajstić information content (AvgIpc) is 2.95. The molecule has 41 heavy (non-hydrogen) atoms. The van der Waals surface area contributed by atoms with Crippen LogP contribution in [0.15, 0.2) is 49.1 Å². The number of nitriles is 1. The lowest BCUT2D eigenvalue weighted by molar-refractivity contribution is -0.128. The molecule has 2 unspecified atom stereocenters. The van der Waals surface area contributed by atoms with E-state index in [1.807, 2.05) is 51.4 Å². The first kappa shape index (κ1) is 28.8. The summed E-state index contributed by atoms with van der Waals surface area (Å²) in [5.41, 5.74) is 2.79. The van der Waals surface area contributed by atoms with E-state index in [-0.39, 0.29) is 30.6 Å². The van der Waals surface area contributed by atoms with Gasteiger partial charge in [-0.3, -0.25) is 4.79 Å². The van der Waals surface area contributed by atoms with E-state index in [2.05, 4.69) is 28.5 Å². The Labute approximate surface area is 245 Å². The summed E-state index contributed by atoms with van der Waals surface area (Å²) in [5.74, 6) is 0.557. The number of aromatic nitrogens is 2. The van der Waals surface area contributed by atoms with Crippen molar-refractivity contribution in [3.8, 4) is 12.1 Å². The maximum atomic E-state index is 12.5. The Morgan fingerprint density at radius 1 is 1.29 bits per heavy atom.